The van der Waals surface area contributed by atoms with Gasteiger partial charge in [-0.15, -0.1) is 0 Å². The van der Waals surface area contributed by atoms with Crippen LogP contribution in [0.15, 0.2) is 0 Å². The highest BCUT2D eigenvalue weighted by atomic mass is 16.5. The maximum Gasteiger partial charge on any atom is 0.307 e. The third kappa shape index (κ3) is 44.4. The third-order valence-corrected chi connectivity index (χ3v) is 12.0. The molecule has 0 N–H and O–H groups in total. The van der Waals surface area contributed by atoms with Gasteiger partial charge in [0.1, 0.15) is 0 Å². The van der Waals surface area contributed by atoms with Gasteiger partial charge in [-0.25, -0.2) is 0 Å². The maximum atomic E-state index is 12.7. The molecule has 0 spiro atoms. The van der Waals surface area contributed by atoms with E-state index in [0.29, 0.717) is 58.7 Å². The number of ether oxygens (including phenoxy) is 3. The quantitative estimate of drug-likeness (QED) is 0.0340. The second kappa shape index (κ2) is 48.4. The van der Waals surface area contributed by atoms with Crippen molar-refractivity contribution in [2.75, 3.05) is 59.1 Å². The molecule has 0 unspecified atom stereocenters. The predicted octanol–water partition coefficient (Wildman–Crippen LogP) is 14.3. The van der Waals surface area contributed by atoms with E-state index in [0.717, 1.165) is 77.4 Å². The lowest BCUT2D eigenvalue weighted by Crippen LogP contribution is -2.34. The Kier molecular flexibility index (Phi) is 47.0. The molecule has 60 heavy (non-hydrogen) atoms. The highest BCUT2D eigenvalue weighted by Crippen LogP contribution is 2.14. The second-order valence-corrected chi connectivity index (χ2v) is 17.8. The standard InChI is InChI=1S/C52H102N2O6/c1-5-9-13-16-19-22-25-28-31-34-47-58-50(55)38-44-53(41-12-8-4)42-37-43-54(45-39-51(56)59-48-35-32-29-26-23-20-17-14-10-6-2)46-40-52(57)60-49-36-33-30-27-24-21-18-15-11-7-3/h5-49H2,1-4H3. The van der Waals surface area contributed by atoms with E-state index < -0.39 is 0 Å². The van der Waals surface area contributed by atoms with Gasteiger partial charge in [0.15, 0.2) is 0 Å². The molecule has 0 aliphatic carbocycles. The largest absolute Gasteiger partial charge is 0.466 e. The summed E-state index contributed by atoms with van der Waals surface area (Å²) in [6.07, 6.45) is 42.0. The Morgan fingerprint density at radius 2 is 0.483 bits per heavy atom. The van der Waals surface area contributed by atoms with Crippen LogP contribution < -0.4 is 0 Å². The van der Waals surface area contributed by atoms with Gasteiger partial charge in [-0.3, -0.25) is 14.4 Å². The molecule has 0 aliphatic heterocycles. The molecule has 0 amide bonds. The van der Waals surface area contributed by atoms with Crippen LogP contribution in [0.1, 0.15) is 259 Å². The van der Waals surface area contributed by atoms with Crippen molar-refractivity contribution in [2.24, 2.45) is 0 Å². The van der Waals surface area contributed by atoms with Crippen LogP contribution in [0.5, 0.6) is 0 Å². The Labute approximate surface area is 373 Å². The Balaban J connectivity index is 4.65. The zero-order valence-corrected chi connectivity index (χ0v) is 40.7. The van der Waals surface area contributed by atoms with Gasteiger partial charge in [-0.2, -0.15) is 0 Å². The van der Waals surface area contributed by atoms with E-state index in [4.69, 9.17) is 14.2 Å². The van der Waals surface area contributed by atoms with Crippen molar-refractivity contribution in [1.82, 2.24) is 9.80 Å². The fourth-order valence-corrected chi connectivity index (χ4v) is 7.86. The second-order valence-electron chi connectivity index (χ2n) is 17.8. The summed E-state index contributed by atoms with van der Waals surface area (Å²) in [5.74, 6) is -0.401. The van der Waals surface area contributed by atoms with E-state index in [1.54, 1.807) is 0 Å². The molecule has 0 aromatic heterocycles. The first-order valence-corrected chi connectivity index (χ1v) is 26.4. The molecule has 0 fully saturated rings. The lowest BCUT2D eigenvalue weighted by molar-refractivity contribution is -0.145. The van der Waals surface area contributed by atoms with E-state index in [1.807, 2.05) is 0 Å². The van der Waals surface area contributed by atoms with Crippen LogP contribution in [0.2, 0.25) is 0 Å². The van der Waals surface area contributed by atoms with Crippen LogP contribution in [0.4, 0.5) is 0 Å². The minimum atomic E-state index is -0.152. The fourth-order valence-electron chi connectivity index (χ4n) is 7.86. The normalized spacial score (nSPS) is 11.5. The van der Waals surface area contributed by atoms with Gasteiger partial charge in [0.05, 0.1) is 39.1 Å². The number of unbranched alkanes of at least 4 members (excludes halogenated alkanes) is 28. The van der Waals surface area contributed by atoms with Crippen molar-refractivity contribution in [3.63, 3.8) is 0 Å². The number of esters is 3. The van der Waals surface area contributed by atoms with Gasteiger partial charge in [-0.05, 0) is 51.7 Å². The van der Waals surface area contributed by atoms with Crippen LogP contribution >= 0.6 is 0 Å². The van der Waals surface area contributed by atoms with E-state index >= 15 is 0 Å². The first-order chi connectivity index (χ1) is 29.5. The Morgan fingerprint density at radius 1 is 0.267 bits per heavy atom. The van der Waals surface area contributed by atoms with E-state index in [-0.39, 0.29) is 17.9 Å². The summed E-state index contributed by atoms with van der Waals surface area (Å²) >= 11 is 0. The van der Waals surface area contributed by atoms with Crippen molar-refractivity contribution in [2.45, 2.75) is 259 Å². The molecule has 0 heterocycles. The number of carbonyl (C=O) groups is 3. The molecule has 0 saturated heterocycles. The molecule has 8 heteroatoms. The topological polar surface area (TPSA) is 85.4 Å². The number of carbonyl (C=O) groups excluding carboxylic acids is 3. The SMILES string of the molecule is CCCCCCCCCCCCOC(=O)CCN(CCCC)CCCN(CCC(=O)OCCCCCCCCCCCC)CCC(=O)OCCCCCCCCCCCC. The Bertz CT molecular complexity index is 875. The predicted molar refractivity (Wildman–Crippen MR) is 255 cm³/mol. The highest BCUT2D eigenvalue weighted by Gasteiger charge is 2.15. The molecule has 8 nitrogen and oxygen atoms in total. The van der Waals surface area contributed by atoms with Gasteiger partial charge in [0.2, 0.25) is 0 Å². The van der Waals surface area contributed by atoms with Gasteiger partial charge < -0.3 is 24.0 Å². The number of hydrogen-bond donors (Lipinski definition) is 0. The van der Waals surface area contributed by atoms with Crippen molar-refractivity contribution in [3.8, 4) is 0 Å². The molecule has 0 rings (SSSR count). The molecule has 0 aliphatic rings. The molecule has 0 radical (unpaired) electrons. The monoisotopic (exact) mass is 851 g/mol. The molecular weight excluding hydrogens is 749 g/mol. The highest BCUT2D eigenvalue weighted by molar-refractivity contribution is 5.70. The Hall–Kier alpha value is -1.67. The summed E-state index contributed by atoms with van der Waals surface area (Å²) in [5.41, 5.74) is 0. The van der Waals surface area contributed by atoms with E-state index in [1.165, 1.54) is 154 Å². The van der Waals surface area contributed by atoms with Crippen LogP contribution in [0.3, 0.4) is 0 Å². The molecule has 356 valence electrons. The minimum Gasteiger partial charge on any atom is -0.466 e. The van der Waals surface area contributed by atoms with Gasteiger partial charge in [0.25, 0.3) is 0 Å². The maximum absolute atomic E-state index is 12.7. The average Bonchev–Trinajstić information content (AvgIpc) is 3.25. The van der Waals surface area contributed by atoms with Gasteiger partial charge in [-0.1, -0.05) is 207 Å². The molecule has 0 atom stereocenters. The van der Waals surface area contributed by atoms with E-state index in [2.05, 4.69) is 37.5 Å². The molecule has 0 aromatic rings. The van der Waals surface area contributed by atoms with E-state index in [9.17, 15) is 14.4 Å². The van der Waals surface area contributed by atoms with Crippen LogP contribution in [-0.2, 0) is 28.6 Å². The van der Waals surface area contributed by atoms with Crippen molar-refractivity contribution in [3.05, 3.63) is 0 Å². The first kappa shape index (κ1) is 58.3. The lowest BCUT2D eigenvalue weighted by Gasteiger charge is -2.25. The summed E-state index contributed by atoms with van der Waals surface area (Å²) in [7, 11) is 0. The van der Waals surface area contributed by atoms with Crippen LogP contribution in [0.25, 0.3) is 0 Å². The smallest absolute Gasteiger partial charge is 0.307 e. The number of rotatable bonds is 49. The zero-order chi connectivity index (χ0) is 43.8. The first-order valence-electron chi connectivity index (χ1n) is 26.4. The Morgan fingerprint density at radius 3 is 0.750 bits per heavy atom. The van der Waals surface area contributed by atoms with Gasteiger partial charge >= 0.3 is 17.9 Å². The van der Waals surface area contributed by atoms with Crippen LogP contribution in [-0.4, -0.2) is 86.8 Å². The zero-order valence-electron chi connectivity index (χ0n) is 40.7. The average molecular weight is 851 g/mol. The summed E-state index contributed by atoms with van der Waals surface area (Å²) < 4.78 is 16.8. The minimum absolute atomic E-state index is 0.0957. The van der Waals surface area contributed by atoms with Crippen molar-refractivity contribution in [1.29, 1.82) is 0 Å². The summed E-state index contributed by atoms with van der Waals surface area (Å²) in [6.45, 7) is 15.0. The number of nitrogens with zero attached hydrogens (tertiary/aromatic N) is 2. The molecule has 0 bridgehead atoms. The summed E-state index contributed by atoms with van der Waals surface area (Å²) in [5, 5.41) is 0. The third-order valence-electron chi connectivity index (χ3n) is 12.0. The molecule has 0 saturated carbocycles. The van der Waals surface area contributed by atoms with Crippen molar-refractivity contribution < 1.29 is 28.6 Å². The van der Waals surface area contributed by atoms with Gasteiger partial charge in [0, 0.05) is 19.6 Å². The lowest BCUT2D eigenvalue weighted by atomic mass is 10.1. The fraction of sp³-hybridized carbons (Fsp3) is 0.942. The van der Waals surface area contributed by atoms with Crippen molar-refractivity contribution >= 4 is 17.9 Å². The molecular formula is C52H102N2O6. The summed E-state index contributed by atoms with van der Waals surface area (Å²) in [4.78, 5) is 42.7. The number of hydrogen-bond acceptors (Lipinski definition) is 8. The summed E-state index contributed by atoms with van der Waals surface area (Å²) in [6, 6.07) is 0. The molecule has 0 aromatic carbocycles. The van der Waals surface area contributed by atoms with Crippen LogP contribution in [0, 0.1) is 0 Å².